The third-order valence-electron chi connectivity index (χ3n) is 1.80. The summed E-state index contributed by atoms with van der Waals surface area (Å²) in [5.74, 6) is -4.50. The van der Waals surface area contributed by atoms with E-state index in [1.165, 1.54) is 6.92 Å². The van der Waals surface area contributed by atoms with E-state index in [0.29, 0.717) is 0 Å². The van der Waals surface area contributed by atoms with Crippen molar-refractivity contribution in [2.45, 2.75) is 13.1 Å². The predicted octanol–water partition coefficient (Wildman–Crippen LogP) is 2.37. The maximum atomic E-state index is 13.0. The number of aliphatic carboxylic acids is 1. The minimum atomic E-state index is -2.54. The largest absolute Gasteiger partial charge is 0.479 e. The van der Waals surface area contributed by atoms with Gasteiger partial charge in [0.15, 0.2) is 11.6 Å². The molecule has 1 unspecified atom stereocenters. The Labute approximate surface area is 78.0 Å². The molecule has 1 aromatic rings. The summed E-state index contributed by atoms with van der Waals surface area (Å²) < 4.78 is 38.7. The number of rotatable bonds is 2. The molecule has 1 N–H and O–H groups in total. The molecule has 0 aliphatic rings. The monoisotopic (exact) mass is 204 g/mol. The van der Waals surface area contributed by atoms with Gasteiger partial charge in [0.1, 0.15) is 0 Å². The first-order valence-corrected chi connectivity index (χ1v) is 3.76. The molecular formula is C9H7F3O2. The number of aryl methyl sites for hydroxylation is 1. The van der Waals surface area contributed by atoms with Crippen molar-refractivity contribution in [1.82, 2.24) is 0 Å². The molecule has 0 saturated carbocycles. The summed E-state index contributed by atoms with van der Waals surface area (Å²) in [7, 11) is 0. The van der Waals surface area contributed by atoms with Gasteiger partial charge in [-0.05, 0) is 12.5 Å². The highest BCUT2D eigenvalue weighted by Gasteiger charge is 2.24. The highest BCUT2D eigenvalue weighted by Crippen LogP contribution is 2.24. The lowest BCUT2D eigenvalue weighted by atomic mass is 10.1. The van der Waals surface area contributed by atoms with E-state index in [-0.39, 0.29) is 5.56 Å². The molecule has 2 nitrogen and oxygen atoms in total. The lowest BCUT2D eigenvalue weighted by Gasteiger charge is -2.06. The van der Waals surface area contributed by atoms with Gasteiger partial charge in [-0.15, -0.1) is 0 Å². The van der Waals surface area contributed by atoms with Crippen LogP contribution in [0.25, 0.3) is 0 Å². The topological polar surface area (TPSA) is 37.3 Å². The molecule has 0 aliphatic carbocycles. The van der Waals surface area contributed by atoms with Crippen LogP contribution in [0.2, 0.25) is 0 Å². The van der Waals surface area contributed by atoms with Crippen LogP contribution in [-0.4, -0.2) is 11.1 Å². The van der Waals surface area contributed by atoms with Crippen LogP contribution in [0.3, 0.4) is 0 Å². The van der Waals surface area contributed by atoms with Crippen LogP contribution < -0.4 is 0 Å². The highest BCUT2D eigenvalue weighted by atomic mass is 19.2. The average Bonchev–Trinajstić information content (AvgIpc) is 2.13. The van der Waals surface area contributed by atoms with Crippen LogP contribution in [0.15, 0.2) is 12.1 Å². The first kappa shape index (κ1) is 10.6. The molecule has 1 aromatic carbocycles. The summed E-state index contributed by atoms with van der Waals surface area (Å²) in [6, 6.07) is 2.05. The van der Waals surface area contributed by atoms with Gasteiger partial charge in [-0.2, -0.15) is 0 Å². The molecule has 76 valence electrons. The van der Waals surface area contributed by atoms with Crippen molar-refractivity contribution in [1.29, 1.82) is 0 Å². The Kier molecular flexibility index (Phi) is 2.78. The Morgan fingerprint density at radius 2 is 1.93 bits per heavy atom. The van der Waals surface area contributed by atoms with Crippen LogP contribution in [-0.2, 0) is 4.79 Å². The van der Waals surface area contributed by atoms with Gasteiger partial charge in [0.25, 0.3) is 0 Å². The van der Waals surface area contributed by atoms with Gasteiger partial charge >= 0.3 is 5.97 Å². The summed E-state index contributed by atoms with van der Waals surface area (Å²) in [5.41, 5.74) is -0.788. The fraction of sp³-hybridized carbons (Fsp3) is 0.222. The van der Waals surface area contributed by atoms with E-state index in [1.54, 1.807) is 0 Å². The van der Waals surface area contributed by atoms with Gasteiger partial charge in [-0.3, -0.25) is 0 Å². The van der Waals surface area contributed by atoms with Crippen LogP contribution in [0.1, 0.15) is 17.3 Å². The van der Waals surface area contributed by atoms with Gasteiger partial charge in [-0.25, -0.2) is 18.0 Å². The molecule has 0 aliphatic heterocycles. The summed E-state index contributed by atoms with van der Waals surface area (Å²) in [6.07, 6.45) is -2.54. The van der Waals surface area contributed by atoms with E-state index in [2.05, 4.69) is 0 Å². The fourth-order valence-electron chi connectivity index (χ4n) is 0.990. The second-order valence-electron chi connectivity index (χ2n) is 2.80. The lowest BCUT2D eigenvalue weighted by molar-refractivity contribution is -0.143. The second-order valence-corrected chi connectivity index (χ2v) is 2.80. The highest BCUT2D eigenvalue weighted by molar-refractivity contribution is 5.74. The van der Waals surface area contributed by atoms with Crippen molar-refractivity contribution >= 4 is 5.97 Å². The van der Waals surface area contributed by atoms with E-state index >= 15 is 0 Å². The van der Waals surface area contributed by atoms with Crippen LogP contribution >= 0.6 is 0 Å². The van der Waals surface area contributed by atoms with Crippen molar-refractivity contribution in [2.75, 3.05) is 0 Å². The summed E-state index contributed by atoms with van der Waals surface area (Å²) in [4.78, 5) is 10.2. The Bertz CT molecular complexity index is 377. The molecule has 1 atom stereocenters. The van der Waals surface area contributed by atoms with Gasteiger partial charge in [-0.1, -0.05) is 12.1 Å². The van der Waals surface area contributed by atoms with E-state index in [1.807, 2.05) is 0 Å². The SMILES string of the molecule is Cc1ccc(C(F)C(=O)O)c(F)c1F. The molecule has 0 fully saturated rings. The Morgan fingerprint density at radius 3 is 2.43 bits per heavy atom. The number of benzene rings is 1. The van der Waals surface area contributed by atoms with Crippen LogP contribution in [0.4, 0.5) is 13.2 Å². The normalized spacial score (nSPS) is 12.6. The van der Waals surface area contributed by atoms with Crippen molar-refractivity contribution in [3.8, 4) is 0 Å². The zero-order chi connectivity index (χ0) is 10.9. The van der Waals surface area contributed by atoms with Crippen molar-refractivity contribution < 1.29 is 23.1 Å². The van der Waals surface area contributed by atoms with E-state index in [0.717, 1.165) is 12.1 Å². The van der Waals surface area contributed by atoms with Gasteiger partial charge in [0.2, 0.25) is 6.17 Å². The molecular weight excluding hydrogens is 197 g/mol. The minimum absolute atomic E-state index is 0.00355. The number of carboxylic acid groups (broad SMARTS) is 1. The molecule has 0 amide bonds. The standard InChI is InChI=1S/C9H7F3O2/c1-4-2-3-5(7(11)6(4)10)8(12)9(13)14/h2-3,8H,1H3,(H,13,14). The van der Waals surface area contributed by atoms with Gasteiger partial charge in [0, 0.05) is 5.56 Å². The van der Waals surface area contributed by atoms with Gasteiger partial charge in [0.05, 0.1) is 0 Å². The van der Waals surface area contributed by atoms with Crippen molar-refractivity contribution in [3.05, 3.63) is 34.9 Å². The van der Waals surface area contributed by atoms with E-state index < -0.39 is 29.3 Å². The molecule has 0 heterocycles. The molecule has 0 bridgehead atoms. The lowest BCUT2D eigenvalue weighted by Crippen LogP contribution is -2.09. The van der Waals surface area contributed by atoms with Crippen molar-refractivity contribution in [2.24, 2.45) is 0 Å². The van der Waals surface area contributed by atoms with Crippen molar-refractivity contribution in [3.63, 3.8) is 0 Å². The zero-order valence-corrected chi connectivity index (χ0v) is 7.22. The van der Waals surface area contributed by atoms with Crippen LogP contribution in [0, 0.1) is 18.6 Å². The molecule has 0 spiro atoms. The molecule has 1 rings (SSSR count). The molecule has 0 saturated heterocycles. The number of hydrogen-bond donors (Lipinski definition) is 1. The zero-order valence-electron chi connectivity index (χ0n) is 7.22. The molecule has 0 radical (unpaired) electrons. The molecule has 0 aromatic heterocycles. The number of halogens is 3. The fourth-order valence-corrected chi connectivity index (χ4v) is 0.990. The molecule has 14 heavy (non-hydrogen) atoms. The maximum Gasteiger partial charge on any atom is 0.343 e. The number of carbonyl (C=O) groups is 1. The number of alkyl halides is 1. The first-order valence-electron chi connectivity index (χ1n) is 3.76. The maximum absolute atomic E-state index is 13.0. The van der Waals surface area contributed by atoms with Crippen LogP contribution in [0.5, 0.6) is 0 Å². The summed E-state index contributed by atoms with van der Waals surface area (Å²) >= 11 is 0. The Balaban J connectivity index is 3.24. The summed E-state index contributed by atoms with van der Waals surface area (Å²) in [5, 5.41) is 8.26. The second kappa shape index (κ2) is 3.69. The summed E-state index contributed by atoms with van der Waals surface area (Å²) in [6.45, 7) is 1.30. The number of carboxylic acids is 1. The number of hydrogen-bond acceptors (Lipinski definition) is 1. The minimum Gasteiger partial charge on any atom is -0.479 e. The molecule has 5 heteroatoms. The predicted molar refractivity (Wildman–Crippen MR) is 42.6 cm³/mol. The third-order valence-corrected chi connectivity index (χ3v) is 1.80. The third kappa shape index (κ3) is 1.71. The Morgan fingerprint density at radius 1 is 1.36 bits per heavy atom. The smallest absolute Gasteiger partial charge is 0.343 e. The quantitative estimate of drug-likeness (QED) is 0.802. The van der Waals surface area contributed by atoms with Gasteiger partial charge < -0.3 is 5.11 Å². The first-order chi connectivity index (χ1) is 6.45. The van der Waals surface area contributed by atoms with E-state index in [4.69, 9.17) is 5.11 Å². The van der Waals surface area contributed by atoms with E-state index in [9.17, 15) is 18.0 Å². The average molecular weight is 204 g/mol. The Hall–Kier alpha value is -1.52.